The van der Waals surface area contributed by atoms with E-state index in [2.05, 4.69) is 4.90 Å². The smallest absolute Gasteiger partial charge is 0.255 e. The van der Waals surface area contributed by atoms with Gasteiger partial charge in [-0.2, -0.15) is 0 Å². The van der Waals surface area contributed by atoms with Gasteiger partial charge in [0.2, 0.25) is 5.78 Å². The highest BCUT2D eigenvalue weighted by Crippen LogP contribution is 2.49. The quantitative estimate of drug-likeness (QED) is 0.343. The summed E-state index contributed by atoms with van der Waals surface area (Å²) in [5, 5.41) is 44.7. The Morgan fingerprint density at radius 3 is 2.35 bits per heavy atom. The number of phenolic OH excluding ortho intramolecular Hbond substituents is 2. The zero-order valence-electron chi connectivity index (χ0n) is 19.9. The van der Waals surface area contributed by atoms with Gasteiger partial charge in [-0.15, -0.1) is 0 Å². The fourth-order valence-electron chi connectivity index (χ4n) is 6.37. The maximum Gasteiger partial charge on any atom is 0.255 e. The number of nitrogens with two attached hydrogens (primary N) is 1. The van der Waals surface area contributed by atoms with Crippen LogP contribution in [0.3, 0.4) is 0 Å². The van der Waals surface area contributed by atoms with Crippen molar-refractivity contribution in [2.24, 2.45) is 11.7 Å². The second-order valence-electron chi connectivity index (χ2n) is 10.2. The highest BCUT2D eigenvalue weighted by molar-refractivity contribution is 6.25. The first kappa shape index (κ1) is 23.9. The van der Waals surface area contributed by atoms with Crippen molar-refractivity contribution in [2.45, 2.75) is 24.1 Å². The molecule has 0 saturated carbocycles. The maximum absolute atomic E-state index is 13.9. The van der Waals surface area contributed by atoms with Crippen LogP contribution in [0.1, 0.15) is 15.9 Å². The summed E-state index contributed by atoms with van der Waals surface area (Å²) in [7, 11) is 0. The van der Waals surface area contributed by atoms with E-state index in [1.54, 1.807) is 18.2 Å². The maximum atomic E-state index is 13.9. The molecule has 1 amide bonds. The Bertz CT molecular complexity index is 1390. The number of aliphatic hydroxyl groups is 2. The number of aliphatic hydroxyl groups excluding tert-OH is 1. The van der Waals surface area contributed by atoms with E-state index in [0.717, 1.165) is 0 Å². The van der Waals surface area contributed by atoms with Crippen LogP contribution in [0.15, 0.2) is 35.6 Å². The van der Waals surface area contributed by atoms with E-state index in [4.69, 9.17) is 10.5 Å². The van der Waals surface area contributed by atoms with Crippen molar-refractivity contribution in [3.8, 4) is 11.5 Å². The van der Waals surface area contributed by atoms with Crippen LogP contribution in [0.2, 0.25) is 0 Å². The Labute approximate surface area is 211 Å². The third-order valence-electron chi connectivity index (χ3n) is 8.37. The zero-order valence-corrected chi connectivity index (χ0v) is 19.9. The molecule has 2 aromatic carbocycles. The lowest BCUT2D eigenvalue weighted by atomic mass is 9.61. The number of amides is 1. The van der Waals surface area contributed by atoms with Crippen LogP contribution < -0.4 is 5.73 Å². The zero-order chi connectivity index (χ0) is 26.2. The van der Waals surface area contributed by atoms with Gasteiger partial charge in [-0.1, -0.05) is 18.2 Å². The Balaban J connectivity index is 1.48. The van der Waals surface area contributed by atoms with Crippen LogP contribution in [0.5, 0.6) is 11.5 Å². The number of benzene rings is 2. The minimum atomic E-state index is -2.66. The van der Waals surface area contributed by atoms with E-state index in [1.165, 1.54) is 6.07 Å². The first-order valence-corrected chi connectivity index (χ1v) is 12.2. The van der Waals surface area contributed by atoms with Gasteiger partial charge < -0.3 is 30.9 Å². The van der Waals surface area contributed by atoms with E-state index in [0.29, 0.717) is 56.4 Å². The van der Waals surface area contributed by atoms with Gasteiger partial charge in [0.1, 0.15) is 22.8 Å². The van der Waals surface area contributed by atoms with Gasteiger partial charge in [-0.05, 0) is 23.4 Å². The van der Waals surface area contributed by atoms with E-state index in [9.17, 15) is 34.8 Å². The molecule has 0 spiro atoms. The fourth-order valence-corrected chi connectivity index (χ4v) is 6.37. The largest absolute Gasteiger partial charge is 0.508 e. The predicted molar refractivity (Wildman–Crippen MR) is 129 cm³/mol. The Morgan fingerprint density at radius 2 is 1.73 bits per heavy atom. The van der Waals surface area contributed by atoms with Gasteiger partial charge >= 0.3 is 0 Å². The number of Topliss-reactive ketones (excluding diaryl/α,β-unsaturated/α-hetero) is 2. The Hall–Kier alpha value is -3.51. The second kappa shape index (κ2) is 8.25. The van der Waals surface area contributed by atoms with Crippen LogP contribution >= 0.6 is 0 Å². The number of hydrogen-bond donors (Lipinski definition) is 5. The lowest BCUT2D eigenvalue weighted by Gasteiger charge is -2.51. The van der Waals surface area contributed by atoms with Gasteiger partial charge in [-0.25, -0.2) is 0 Å². The summed E-state index contributed by atoms with van der Waals surface area (Å²) in [6, 6.07) is 5.45. The molecule has 6 rings (SSSR count). The fraction of sp³-hybridized carbons (Fsp3) is 0.423. The summed E-state index contributed by atoms with van der Waals surface area (Å²) in [6.07, 6.45) is -0.0417. The average molecular weight is 510 g/mol. The van der Waals surface area contributed by atoms with Crippen LogP contribution in [0.25, 0.3) is 10.8 Å². The summed E-state index contributed by atoms with van der Waals surface area (Å²) in [5.74, 6) is -6.06. The number of rotatable bonds is 3. The average Bonchev–Trinajstić information content (AvgIpc) is 2.81. The van der Waals surface area contributed by atoms with Crippen molar-refractivity contribution in [3.05, 3.63) is 46.7 Å². The molecule has 2 aliphatic heterocycles. The summed E-state index contributed by atoms with van der Waals surface area (Å²) in [4.78, 5) is 43.8. The molecule has 2 saturated heterocycles. The molecule has 0 bridgehead atoms. The van der Waals surface area contributed by atoms with Gasteiger partial charge in [0.25, 0.3) is 5.91 Å². The van der Waals surface area contributed by atoms with E-state index in [-0.39, 0.29) is 23.1 Å². The van der Waals surface area contributed by atoms with E-state index >= 15 is 0 Å². The van der Waals surface area contributed by atoms with Crippen LogP contribution in [-0.4, -0.2) is 105 Å². The number of aromatic hydroxyl groups is 2. The monoisotopic (exact) mass is 509 g/mol. The lowest BCUT2D eigenvalue weighted by molar-refractivity contribution is -0.136. The van der Waals surface area contributed by atoms with Crippen molar-refractivity contribution in [1.29, 1.82) is 0 Å². The van der Waals surface area contributed by atoms with Gasteiger partial charge in [0, 0.05) is 32.1 Å². The van der Waals surface area contributed by atoms with Crippen LogP contribution in [0, 0.1) is 5.92 Å². The van der Waals surface area contributed by atoms with Crippen LogP contribution in [0.4, 0.5) is 0 Å². The molecule has 37 heavy (non-hydrogen) atoms. The van der Waals surface area contributed by atoms with Gasteiger partial charge in [0.15, 0.2) is 11.4 Å². The summed E-state index contributed by atoms with van der Waals surface area (Å²) >= 11 is 0. The number of primary amides is 1. The van der Waals surface area contributed by atoms with E-state index < -0.39 is 52.1 Å². The molecule has 0 aromatic heterocycles. The molecule has 0 unspecified atom stereocenters. The number of carbonyl (C=O) groups is 3. The Kier molecular flexibility index (Phi) is 5.32. The molecule has 0 radical (unpaired) electrons. The molecule has 194 valence electrons. The van der Waals surface area contributed by atoms with Crippen LogP contribution in [-0.2, 0) is 20.7 Å². The van der Waals surface area contributed by atoms with Crippen molar-refractivity contribution in [3.63, 3.8) is 0 Å². The molecule has 2 heterocycles. The number of ketones is 2. The van der Waals surface area contributed by atoms with E-state index in [1.807, 2.05) is 4.90 Å². The topological polar surface area (TPSA) is 174 Å². The number of nitrogens with zero attached hydrogens (tertiary/aromatic N) is 2. The normalized spacial score (nSPS) is 29.2. The number of fused-ring (bicyclic) bond motifs is 3. The number of hydrogen-bond acceptors (Lipinski definition) is 10. The third kappa shape index (κ3) is 3.24. The Morgan fingerprint density at radius 1 is 1.05 bits per heavy atom. The lowest BCUT2D eigenvalue weighted by Crippen LogP contribution is -2.68. The second-order valence-corrected chi connectivity index (χ2v) is 10.2. The summed E-state index contributed by atoms with van der Waals surface area (Å²) in [5.41, 5.74) is 2.08. The molecular formula is C26H27N3O8. The highest BCUT2D eigenvalue weighted by atomic mass is 16.5. The van der Waals surface area contributed by atoms with Gasteiger partial charge in [0.05, 0.1) is 36.2 Å². The molecule has 6 N–H and O–H groups in total. The molecule has 2 aromatic rings. The SMILES string of the molecule is NC(=O)C1=C(O)[C@@]2(O)C(=O)c3c(cc4cccc(O)c4c3O)C[C@H]2[C@@H](N2CCN(C3COC3)CC2)C1=O. The van der Waals surface area contributed by atoms with Crippen molar-refractivity contribution >= 4 is 28.2 Å². The van der Waals surface area contributed by atoms with Crippen molar-refractivity contribution in [2.75, 3.05) is 39.4 Å². The first-order valence-electron chi connectivity index (χ1n) is 12.2. The third-order valence-corrected chi connectivity index (χ3v) is 8.37. The molecule has 3 atom stereocenters. The number of carbonyl (C=O) groups excluding carboxylic acids is 3. The highest BCUT2D eigenvalue weighted by Gasteiger charge is 2.62. The predicted octanol–water partition coefficient (Wildman–Crippen LogP) is -0.398. The summed E-state index contributed by atoms with van der Waals surface area (Å²) < 4.78 is 5.28. The van der Waals surface area contributed by atoms with Crippen molar-refractivity contribution in [1.82, 2.24) is 9.80 Å². The molecule has 2 fully saturated rings. The van der Waals surface area contributed by atoms with Crippen molar-refractivity contribution < 1.29 is 39.5 Å². The number of piperazine rings is 1. The summed E-state index contributed by atoms with van der Waals surface area (Å²) in [6.45, 7) is 3.41. The molecular weight excluding hydrogens is 482 g/mol. The minimum absolute atomic E-state index is 0.0229. The number of ether oxygens (including phenoxy) is 1. The molecule has 11 nitrogen and oxygen atoms in total. The minimum Gasteiger partial charge on any atom is -0.508 e. The molecule has 11 heteroatoms. The molecule has 2 aliphatic carbocycles. The standard InChI is InChI=1S/C26H27N3O8/c27-25(35)19-22(32)20(29-6-4-28(5-7-29)14-10-37-11-14)15-9-13-8-12-2-1-3-16(30)17(12)21(31)18(13)23(33)26(15,36)24(19)34/h1-3,8,14-15,20,30-31,34,36H,4-7,9-11H2,(H2,27,35)/t15-,20+,26-/m0/s1. The molecule has 4 aliphatic rings. The van der Waals surface area contributed by atoms with Gasteiger partial charge in [-0.3, -0.25) is 24.2 Å². The first-order chi connectivity index (χ1) is 17.6. The number of phenols is 2.